The smallest absolute Gasteiger partial charge is 0.248 e. The van der Waals surface area contributed by atoms with E-state index < -0.39 is 5.41 Å². The number of amides is 2. The van der Waals surface area contributed by atoms with Crippen molar-refractivity contribution in [3.05, 3.63) is 179 Å². The van der Waals surface area contributed by atoms with Crippen LogP contribution in [0.5, 0.6) is 0 Å². The average molecular weight is 617 g/mol. The van der Waals surface area contributed by atoms with Crippen LogP contribution in [-0.2, 0) is 15.0 Å². The van der Waals surface area contributed by atoms with Crippen LogP contribution in [0.3, 0.4) is 0 Å². The molecule has 4 aromatic carbocycles. The van der Waals surface area contributed by atoms with Crippen molar-refractivity contribution >= 4 is 35.3 Å². The van der Waals surface area contributed by atoms with E-state index in [-0.39, 0.29) is 11.8 Å². The van der Waals surface area contributed by atoms with Crippen LogP contribution in [0, 0.1) is 13.8 Å². The number of anilines is 2. The third kappa shape index (κ3) is 5.73. The summed E-state index contributed by atoms with van der Waals surface area (Å²) in [5.74, 6) is 2.34. The lowest BCUT2D eigenvalue weighted by atomic mass is 9.67. The molecule has 0 fully saturated rings. The first-order chi connectivity index (χ1) is 22.9. The number of aryl methyl sites for hydroxylation is 2. The van der Waals surface area contributed by atoms with Crippen molar-refractivity contribution in [2.45, 2.75) is 19.3 Å². The van der Waals surface area contributed by atoms with Crippen LogP contribution in [0.4, 0.5) is 11.4 Å². The van der Waals surface area contributed by atoms with Gasteiger partial charge >= 0.3 is 0 Å². The molecule has 1 aliphatic carbocycles. The predicted molar refractivity (Wildman–Crippen MR) is 186 cm³/mol. The van der Waals surface area contributed by atoms with E-state index in [4.69, 9.17) is 8.83 Å². The van der Waals surface area contributed by atoms with Crippen molar-refractivity contribution in [1.29, 1.82) is 0 Å². The van der Waals surface area contributed by atoms with Gasteiger partial charge in [-0.25, -0.2) is 0 Å². The minimum absolute atomic E-state index is 0.246. The topological polar surface area (TPSA) is 84.5 Å². The SMILES string of the molecule is Cc1ccc(C=CC(=O)Nc2ccc(C3(c4ccc(NC(=O)C=Cc5ccc(C)o5)cc4)c4ccccc4-c4ccccc43)cc2)o1. The summed E-state index contributed by atoms with van der Waals surface area (Å²) in [6, 6.07) is 40.4. The predicted octanol–water partition coefficient (Wildman–Crippen LogP) is 9.16. The summed E-state index contributed by atoms with van der Waals surface area (Å²) in [5, 5.41) is 5.91. The molecule has 2 amide bonds. The molecule has 0 saturated heterocycles. The summed E-state index contributed by atoms with van der Waals surface area (Å²) >= 11 is 0. The van der Waals surface area contributed by atoms with Crippen LogP contribution < -0.4 is 10.6 Å². The summed E-state index contributed by atoms with van der Waals surface area (Å²) in [7, 11) is 0. The first kappa shape index (κ1) is 29.6. The number of hydrogen-bond donors (Lipinski definition) is 2. The fourth-order valence-corrected chi connectivity index (χ4v) is 6.40. The number of benzene rings is 4. The molecule has 6 heteroatoms. The molecule has 2 aromatic heterocycles. The standard InChI is InChI=1S/C41H32N2O4/c1-27-11-21-33(46-27)23-25-39(44)42-31-17-13-29(14-18-31)41(37-9-5-3-7-35(37)36-8-4-6-10-38(36)41)30-15-19-32(20-16-30)43-40(45)26-24-34-22-12-28(2)47-34/h3-26H,1-2H3,(H,42,44)(H,43,45). The molecule has 6 nitrogen and oxygen atoms in total. The number of fused-ring (bicyclic) bond motifs is 3. The number of hydrogen-bond acceptors (Lipinski definition) is 4. The van der Waals surface area contributed by atoms with Crippen molar-refractivity contribution in [2.24, 2.45) is 0 Å². The van der Waals surface area contributed by atoms with Crippen LogP contribution in [0.15, 0.2) is 142 Å². The minimum atomic E-state index is -0.619. The molecule has 0 radical (unpaired) electrons. The van der Waals surface area contributed by atoms with E-state index in [2.05, 4.69) is 83.4 Å². The molecule has 1 aliphatic rings. The first-order valence-electron chi connectivity index (χ1n) is 15.4. The maximum Gasteiger partial charge on any atom is 0.248 e. The van der Waals surface area contributed by atoms with Gasteiger partial charge in [-0.05, 0) is 108 Å². The van der Waals surface area contributed by atoms with Crippen molar-refractivity contribution in [3.63, 3.8) is 0 Å². The van der Waals surface area contributed by atoms with Crippen LogP contribution in [-0.4, -0.2) is 11.8 Å². The van der Waals surface area contributed by atoms with Gasteiger partial charge < -0.3 is 19.5 Å². The highest BCUT2D eigenvalue weighted by Gasteiger charge is 2.45. The summed E-state index contributed by atoms with van der Waals surface area (Å²) in [6.45, 7) is 3.73. The van der Waals surface area contributed by atoms with E-state index >= 15 is 0 Å². The third-order valence-electron chi connectivity index (χ3n) is 8.44. The number of rotatable bonds is 8. The van der Waals surface area contributed by atoms with E-state index in [0.717, 1.165) is 22.6 Å². The van der Waals surface area contributed by atoms with Crippen molar-refractivity contribution in [1.82, 2.24) is 0 Å². The molecule has 230 valence electrons. The Labute approximate surface area is 273 Å². The Morgan fingerprint density at radius 3 is 1.32 bits per heavy atom. The first-order valence-corrected chi connectivity index (χ1v) is 15.4. The minimum Gasteiger partial charge on any atom is -0.462 e. The second-order valence-electron chi connectivity index (χ2n) is 11.5. The van der Waals surface area contributed by atoms with Crippen LogP contribution >= 0.6 is 0 Å². The highest BCUT2D eigenvalue weighted by molar-refractivity contribution is 6.02. The lowest BCUT2D eigenvalue weighted by Gasteiger charge is -2.34. The van der Waals surface area contributed by atoms with Gasteiger partial charge in [-0.3, -0.25) is 9.59 Å². The number of furan rings is 2. The van der Waals surface area contributed by atoms with Crippen molar-refractivity contribution < 1.29 is 18.4 Å². The van der Waals surface area contributed by atoms with Gasteiger partial charge in [-0.15, -0.1) is 0 Å². The summed E-state index contributed by atoms with van der Waals surface area (Å²) in [5.41, 5.74) is 7.56. The summed E-state index contributed by atoms with van der Waals surface area (Å²) < 4.78 is 11.1. The maximum atomic E-state index is 12.7. The quantitative estimate of drug-likeness (QED) is 0.167. The number of nitrogens with one attached hydrogen (secondary N) is 2. The van der Waals surface area contributed by atoms with E-state index in [9.17, 15) is 9.59 Å². The van der Waals surface area contributed by atoms with Crippen molar-refractivity contribution in [2.75, 3.05) is 10.6 Å². The fraction of sp³-hybridized carbons (Fsp3) is 0.0732. The Morgan fingerprint density at radius 2 is 0.936 bits per heavy atom. The third-order valence-corrected chi connectivity index (χ3v) is 8.44. The zero-order valence-corrected chi connectivity index (χ0v) is 26.0. The molecular formula is C41H32N2O4. The zero-order valence-electron chi connectivity index (χ0n) is 26.0. The highest BCUT2D eigenvalue weighted by Crippen LogP contribution is 2.56. The second kappa shape index (κ2) is 12.3. The molecule has 0 bridgehead atoms. The van der Waals surface area contributed by atoms with Gasteiger partial charge in [0, 0.05) is 23.5 Å². The Hall–Kier alpha value is -6.14. The zero-order chi connectivity index (χ0) is 32.4. The Morgan fingerprint density at radius 1 is 0.532 bits per heavy atom. The largest absolute Gasteiger partial charge is 0.462 e. The monoisotopic (exact) mass is 616 g/mol. The molecule has 7 rings (SSSR count). The van der Waals surface area contributed by atoms with Gasteiger partial charge in [0.1, 0.15) is 23.0 Å². The Balaban J connectivity index is 1.21. The van der Waals surface area contributed by atoms with Gasteiger partial charge in [-0.2, -0.15) is 0 Å². The molecule has 0 unspecified atom stereocenters. The maximum absolute atomic E-state index is 12.7. The van der Waals surface area contributed by atoms with E-state index in [0.29, 0.717) is 22.9 Å². The summed E-state index contributed by atoms with van der Waals surface area (Å²) in [6.07, 6.45) is 6.23. The molecule has 2 N–H and O–H groups in total. The normalized spacial score (nSPS) is 13.1. The molecular weight excluding hydrogens is 584 g/mol. The molecule has 6 aromatic rings. The van der Waals surface area contributed by atoms with Crippen molar-refractivity contribution in [3.8, 4) is 11.1 Å². The average Bonchev–Trinajstić information content (AvgIpc) is 3.79. The fourth-order valence-electron chi connectivity index (χ4n) is 6.40. The highest BCUT2D eigenvalue weighted by atomic mass is 16.3. The molecule has 0 spiro atoms. The van der Waals surface area contributed by atoms with Gasteiger partial charge in [0.15, 0.2) is 0 Å². The Kier molecular flexibility index (Phi) is 7.76. The van der Waals surface area contributed by atoms with Crippen LogP contribution in [0.2, 0.25) is 0 Å². The van der Waals surface area contributed by atoms with E-state index in [1.165, 1.54) is 34.4 Å². The molecule has 2 heterocycles. The Bertz CT molecular complexity index is 1990. The summed E-state index contributed by atoms with van der Waals surface area (Å²) in [4.78, 5) is 25.4. The number of carbonyl (C=O) groups excluding carboxylic acids is 2. The lowest BCUT2D eigenvalue weighted by molar-refractivity contribution is -0.112. The molecule has 0 atom stereocenters. The van der Waals surface area contributed by atoms with Crippen LogP contribution in [0.1, 0.15) is 45.3 Å². The van der Waals surface area contributed by atoms with Gasteiger partial charge in [0.2, 0.25) is 11.8 Å². The second-order valence-corrected chi connectivity index (χ2v) is 11.5. The van der Waals surface area contributed by atoms with Gasteiger partial charge in [-0.1, -0.05) is 72.8 Å². The van der Waals surface area contributed by atoms with Gasteiger partial charge in [0.25, 0.3) is 0 Å². The number of carbonyl (C=O) groups is 2. The van der Waals surface area contributed by atoms with Crippen LogP contribution in [0.25, 0.3) is 23.3 Å². The molecule has 0 aliphatic heterocycles. The van der Waals surface area contributed by atoms with Gasteiger partial charge in [0.05, 0.1) is 5.41 Å². The lowest BCUT2D eigenvalue weighted by Crippen LogP contribution is -2.28. The van der Waals surface area contributed by atoms with E-state index in [1.807, 2.05) is 62.4 Å². The molecule has 47 heavy (non-hydrogen) atoms. The van der Waals surface area contributed by atoms with E-state index in [1.54, 1.807) is 12.2 Å². The molecule has 0 saturated carbocycles.